The number of carbonyl (C=O) groups is 2. The molecule has 5 heteroatoms. The van der Waals surface area contributed by atoms with Gasteiger partial charge in [-0.15, -0.1) is 0 Å². The van der Waals surface area contributed by atoms with Crippen LogP contribution in [-0.4, -0.2) is 28.1 Å². The molecule has 1 aromatic carbocycles. The van der Waals surface area contributed by atoms with E-state index in [-0.39, 0.29) is 18.1 Å². The van der Waals surface area contributed by atoms with Crippen molar-refractivity contribution in [1.82, 2.24) is 5.32 Å². The monoisotopic (exact) mass is 261 g/mol. The highest BCUT2D eigenvalue weighted by atomic mass is 16.4. The number of phenols is 1. The average molecular weight is 261 g/mol. The second kappa shape index (κ2) is 7.07. The largest absolute Gasteiger partial charge is 0.507 e. The Bertz CT molecular complexity index is 528. The van der Waals surface area contributed by atoms with Crippen LogP contribution in [0, 0.1) is 11.8 Å². The number of carboxylic acids is 1. The number of carboxylic acid groups (broad SMARTS) is 1. The molecule has 0 bridgehead atoms. The van der Waals surface area contributed by atoms with Crippen LogP contribution >= 0.6 is 0 Å². The smallest absolute Gasteiger partial charge is 0.326 e. The van der Waals surface area contributed by atoms with Crippen LogP contribution in [0.1, 0.15) is 25.3 Å². The molecule has 1 atom stereocenters. The molecule has 0 aliphatic carbocycles. The minimum Gasteiger partial charge on any atom is -0.507 e. The summed E-state index contributed by atoms with van der Waals surface area (Å²) in [6.07, 6.45) is 0.529. The molecule has 0 spiro atoms. The van der Waals surface area contributed by atoms with Crippen molar-refractivity contribution in [2.45, 2.75) is 25.8 Å². The number of benzene rings is 1. The maximum atomic E-state index is 10.9. The molecule has 0 saturated carbocycles. The zero-order valence-corrected chi connectivity index (χ0v) is 10.5. The SMILES string of the molecule is CC(=O)NC(CCC#Cc1ccccc1O)C(=O)O. The number of rotatable bonds is 4. The Morgan fingerprint density at radius 3 is 2.63 bits per heavy atom. The summed E-state index contributed by atoms with van der Waals surface area (Å²) in [7, 11) is 0. The quantitative estimate of drug-likeness (QED) is 0.709. The van der Waals surface area contributed by atoms with E-state index in [1.54, 1.807) is 18.2 Å². The molecule has 1 amide bonds. The molecule has 0 aromatic heterocycles. The lowest BCUT2D eigenvalue weighted by atomic mass is 10.1. The lowest BCUT2D eigenvalue weighted by molar-refractivity contribution is -0.141. The van der Waals surface area contributed by atoms with Gasteiger partial charge in [0, 0.05) is 13.3 Å². The molecule has 19 heavy (non-hydrogen) atoms. The molecule has 0 radical (unpaired) electrons. The molecule has 5 nitrogen and oxygen atoms in total. The van der Waals surface area contributed by atoms with Crippen molar-refractivity contribution < 1.29 is 19.8 Å². The van der Waals surface area contributed by atoms with Crippen molar-refractivity contribution in [3.8, 4) is 17.6 Å². The third-order valence-electron chi connectivity index (χ3n) is 2.36. The van der Waals surface area contributed by atoms with Crippen molar-refractivity contribution in [1.29, 1.82) is 0 Å². The van der Waals surface area contributed by atoms with Gasteiger partial charge >= 0.3 is 5.97 Å². The highest BCUT2D eigenvalue weighted by Gasteiger charge is 2.16. The summed E-state index contributed by atoms with van der Waals surface area (Å²) in [4.78, 5) is 21.7. The van der Waals surface area contributed by atoms with Crippen LogP contribution in [0.5, 0.6) is 5.75 Å². The minimum absolute atomic E-state index is 0.0895. The molecule has 0 aliphatic heterocycles. The molecule has 1 unspecified atom stereocenters. The molecule has 1 rings (SSSR count). The minimum atomic E-state index is -1.08. The average Bonchev–Trinajstić information content (AvgIpc) is 2.34. The number of carbonyl (C=O) groups excluding carboxylic acids is 1. The molecule has 3 N–H and O–H groups in total. The van der Waals surface area contributed by atoms with Crippen LogP contribution in [0.15, 0.2) is 24.3 Å². The fourth-order valence-electron chi connectivity index (χ4n) is 1.46. The van der Waals surface area contributed by atoms with E-state index in [4.69, 9.17) is 5.11 Å². The van der Waals surface area contributed by atoms with Gasteiger partial charge in [-0.2, -0.15) is 0 Å². The Labute approximate surface area is 111 Å². The van der Waals surface area contributed by atoms with E-state index in [1.807, 2.05) is 0 Å². The van der Waals surface area contributed by atoms with E-state index < -0.39 is 12.0 Å². The summed E-state index contributed by atoms with van der Waals surface area (Å²) in [5.41, 5.74) is 0.494. The lowest BCUT2D eigenvalue weighted by Gasteiger charge is -2.10. The van der Waals surface area contributed by atoms with Crippen LogP contribution in [0.3, 0.4) is 0 Å². The van der Waals surface area contributed by atoms with Gasteiger partial charge in [0.1, 0.15) is 11.8 Å². The van der Waals surface area contributed by atoms with E-state index in [0.717, 1.165) is 0 Å². The molecule has 0 saturated heterocycles. The van der Waals surface area contributed by atoms with Crippen LogP contribution in [0.4, 0.5) is 0 Å². The third kappa shape index (κ3) is 5.13. The predicted octanol–water partition coefficient (Wildman–Crippen LogP) is 1.11. The van der Waals surface area contributed by atoms with Gasteiger partial charge in [-0.25, -0.2) is 4.79 Å². The molecular formula is C14H15NO4. The number of nitrogens with one attached hydrogen (secondary N) is 1. The Kier molecular flexibility index (Phi) is 5.42. The first kappa shape index (κ1) is 14.6. The summed E-state index contributed by atoms with van der Waals surface area (Å²) in [6.45, 7) is 1.27. The van der Waals surface area contributed by atoms with Crippen LogP contribution in [0.2, 0.25) is 0 Å². The zero-order chi connectivity index (χ0) is 14.3. The summed E-state index contributed by atoms with van der Waals surface area (Å²) >= 11 is 0. The number of aromatic hydroxyl groups is 1. The summed E-state index contributed by atoms with van der Waals surface area (Å²) < 4.78 is 0. The Morgan fingerprint density at radius 2 is 2.05 bits per heavy atom. The van der Waals surface area contributed by atoms with Gasteiger partial charge in [-0.1, -0.05) is 24.0 Å². The Balaban J connectivity index is 2.56. The molecule has 1 aromatic rings. The van der Waals surface area contributed by atoms with Gasteiger partial charge in [-0.3, -0.25) is 4.79 Å². The van der Waals surface area contributed by atoms with Gasteiger partial charge in [0.15, 0.2) is 0 Å². The number of phenolic OH excluding ortho intramolecular Hbond substituents is 1. The first-order valence-electron chi connectivity index (χ1n) is 5.77. The number of para-hydroxylation sites is 1. The Hall–Kier alpha value is -2.48. The van der Waals surface area contributed by atoms with Crippen molar-refractivity contribution in [3.63, 3.8) is 0 Å². The van der Waals surface area contributed by atoms with Gasteiger partial charge in [0.2, 0.25) is 5.91 Å². The van der Waals surface area contributed by atoms with Gasteiger partial charge in [-0.05, 0) is 18.6 Å². The molecule has 0 heterocycles. The number of amides is 1. The number of hydrogen-bond donors (Lipinski definition) is 3. The van der Waals surface area contributed by atoms with Crippen molar-refractivity contribution in [3.05, 3.63) is 29.8 Å². The lowest BCUT2D eigenvalue weighted by Crippen LogP contribution is -2.39. The number of aliphatic carboxylic acids is 1. The van der Waals surface area contributed by atoms with Crippen LogP contribution in [-0.2, 0) is 9.59 Å². The van der Waals surface area contributed by atoms with Crippen LogP contribution in [0.25, 0.3) is 0 Å². The normalized spacial score (nSPS) is 11.0. The molecule has 0 aliphatic rings. The van der Waals surface area contributed by atoms with E-state index >= 15 is 0 Å². The summed E-state index contributed by atoms with van der Waals surface area (Å²) in [5, 5.41) is 20.7. The summed E-state index contributed by atoms with van der Waals surface area (Å²) in [6, 6.07) is 5.71. The number of hydrogen-bond acceptors (Lipinski definition) is 3. The fourth-order valence-corrected chi connectivity index (χ4v) is 1.46. The first-order chi connectivity index (χ1) is 9.00. The van der Waals surface area contributed by atoms with Crippen LogP contribution < -0.4 is 5.32 Å². The molecular weight excluding hydrogens is 246 g/mol. The van der Waals surface area contributed by atoms with E-state index in [0.29, 0.717) is 12.0 Å². The van der Waals surface area contributed by atoms with E-state index in [2.05, 4.69) is 17.2 Å². The third-order valence-corrected chi connectivity index (χ3v) is 2.36. The van der Waals surface area contributed by atoms with Gasteiger partial charge < -0.3 is 15.5 Å². The second-order valence-electron chi connectivity index (χ2n) is 3.95. The van der Waals surface area contributed by atoms with Crippen molar-refractivity contribution >= 4 is 11.9 Å². The highest BCUT2D eigenvalue weighted by molar-refractivity contribution is 5.82. The second-order valence-corrected chi connectivity index (χ2v) is 3.95. The van der Waals surface area contributed by atoms with Crippen molar-refractivity contribution in [2.75, 3.05) is 0 Å². The maximum absolute atomic E-state index is 10.9. The van der Waals surface area contributed by atoms with Gasteiger partial charge in [0.05, 0.1) is 5.56 Å². The highest BCUT2D eigenvalue weighted by Crippen LogP contribution is 2.13. The van der Waals surface area contributed by atoms with E-state index in [1.165, 1.54) is 13.0 Å². The van der Waals surface area contributed by atoms with Crippen molar-refractivity contribution in [2.24, 2.45) is 0 Å². The maximum Gasteiger partial charge on any atom is 0.326 e. The predicted molar refractivity (Wildman–Crippen MR) is 69.5 cm³/mol. The summed E-state index contributed by atoms with van der Waals surface area (Å²) in [5.74, 6) is 4.15. The molecule has 100 valence electrons. The molecule has 0 fully saturated rings. The zero-order valence-electron chi connectivity index (χ0n) is 10.5. The van der Waals surface area contributed by atoms with Gasteiger partial charge in [0.25, 0.3) is 0 Å². The standard InChI is InChI=1S/C14H15NO4/c1-10(16)15-12(14(18)19)8-4-2-6-11-7-3-5-9-13(11)17/h3,5,7,9,12,17H,4,8H2,1H3,(H,15,16)(H,18,19). The topological polar surface area (TPSA) is 86.6 Å². The first-order valence-corrected chi connectivity index (χ1v) is 5.77. The van der Waals surface area contributed by atoms with E-state index in [9.17, 15) is 14.7 Å². The fraction of sp³-hybridized carbons (Fsp3) is 0.286. The Morgan fingerprint density at radius 1 is 1.37 bits per heavy atom.